The van der Waals surface area contributed by atoms with Crippen LogP contribution in [0.4, 0.5) is 5.69 Å². The van der Waals surface area contributed by atoms with Gasteiger partial charge in [-0.25, -0.2) is 4.98 Å². The standard InChI is InChI=1S/C45H47N9O5/c1-26-11-14-38(43(56)50-26)53-24-34-32(45(53)58)9-5-10-35(34)46-17-6-18-47-42(55)36-13-12-30(22-48-36)37-21-29-7-4-8-31(33(29)23-49-37)40-39-25-52(3)44(57)27(2)54(39)41(51-40)28-15-19-59-20-16-28/h4-5,7-10,12-13,21-23,27-28,38,46H,1,6,11,14-20,24-25H2,2-3H3,(H,47,55)(H,50,56)/t27-,38?/m1/s1. The average molecular weight is 794 g/mol. The molecule has 14 nitrogen and oxygen atoms in total. The molecule has 2 saturated heterocycles. The topological polar surface area (TPSA) is 164 Å². The molecule has 59 heavy (non-hydrogen) atoms. The molecule has 0 saturated carbocycles. The van der Waals surface area contributed by atoms with Crippen LogP contribution in [0.1, 0.15) is 88.9 Å². The Morgan fingerprint density at radius 2 is 1.78 bits per heavy atom. The lowest BCUT2D eigenvalue weighted by Gasteiger charge is -2.32. The van der Waals surface area contributed by atoms with Crippen LogP contribution in [0.5, 0.6) is 0 Å². The number of carbonyl (C=O) groups is 4. The largest absolute Gasteiger partial charge is 0.385 e. The summed E-state index contributed by atoms with van der Waals surface area (Å²) in [5.74, 6) is 0.677. The van der Waals surface area contributed by atoms with E-state index in [1.807, 2.05) is 50.5 Å². The number of carbonyl (C=O) groups excluding carboxylic acids is 4. The predicted octanol–water partition coefficient (Wildman–Crippen LogP) is 5.57. The first-order chi connectivity index (χ1) is 28.7. The molecule has 0 spiro atoms. The monoisotopic (exact) mass is 793 g/mol. The van der Waals surface area contributed by atoms with Crippen molar-refractivity contribution in [1.82, 2.24) is 40.0 Å². The molecule has 4 aliphatic heterocycles. The molecule has 0 aliphatic carbocycles. The zero-order valence-electron chi connectivity index (χ0n) is 33.3. The Labute approximate surface area is 342 Å². The number of benzene rings is 2. The summed E-state index contributed by atoms with van der Waals surface area (Å²) in [5, 5.41) is 11.1. The molecule has 14 heteroatoms. The molecule has 4 amide bonds. The molecule has 5 aromatic rings. The zero-order valence-corrected chi connectivity index (χ0v) is 33.3. The summed E-state index contributed by atoms with van der Waals surface area (Å²) in [6.07, 6.45) is 7.15. The third kappa shape index (κ3) is 7.11. The van der Waals surface area contributed by atoms with Crippen molar-refractivity contribution < 1.29 is 23.9 Å². The van der Waals surface area contributed by atoms with E-state index in [1.165, 1.54) is 0 Å². The molecule has 3 N–H and O–H groups in total. The minimum absolute atomic E-state index is 0.0874. The van der Waals surface area contributed by atoms with Gasteiger partial charge in [0, 0.05) is 97.2 Å². The first-order valence-corrected chi connectivity index (χ1v) is 20.4. The van der Waals surface area contributed by atoms with Gasteiger partial charge in [-0.1, -0.05) is 30.8 Å². The van der Waals surface area contributed by atoms with Crippen molar-refractivity contribution in [2.24, 2.45) is 0 Å². The van der Waals surface area contributed by atoms with Gasteiger partial charge in [-0.3, -0.25) is 29.1 Å². The normalized spacial score (nSPS) is 19.5. The van der Waals surface area contributed by atoms with E-state index >= 15 is 0 Å². The minimum atomic E-state index is -0.513. The molecule has 1 unspecified atom stereocenters. The fraction of sp³-hybridized carbons (Fsp3) is 0.356. The summed E-state index contributed by atoms with van der Waals surface area (Å²) < 4.78 is 7.82. The van der Waals surface area contributed by atoms with Crippen molar-refractivity contribution in [3.8, 4) is 22.5 Å². The Morgan fingerprint density at radius 1 is 0.966 bits per heavy atom. The highest BCUT2D eigenvalue weighted by Crippen LogP contribution is 2.40. The molecule has 2 aromatic carbocycles. The summed E-state index contributed by atoms with van der Waals surface area (Å²) in [4.78, 5) is 70.0. The molecular formula is C45H47N9O5. The Kier molecular flexibility index (Phi) is 10.2. The number of hydrogen-bond donors (Lipinski definition) is 3. The quantitative estimate of drug-likeness (QED) is 0.154. The Balaban J connectivity index is 0.837. The number of fused-ring (bicyclic) bond motifs is 3. The van der Waals surface area contributed by atoms with Gasteiger partial charge < -0.3 is 35.1 Å². The lowest BCUT2D eigenvalue weighted by Crippen LogP contribution is -2.49. The van der Waals surface area contributed by atoms with Gasteiger partial charge in [0.05, 0.1) is 23.6 Å². The summed E-state index contributed by atoms with van der Waals surface area (Å²) in [7, 11) is 1.85. The number of nitrogens with zero attached hydrogens (tertiary/aromatic N) is 6. The van der Waals surface area contributed by atoms with Crippen LogP contribution >= 0.6 is 0 Å². The van der Waals surface area contributed by atoms with Crippen LogP contribution in [0.25, 0.3) is 33.3 Å². The number of rotatable bonds is 10. The third-order valence-electron chi connectivity index (χ3n) is 12.1. The van der Waals surface area contributed by atoms with Crippen molar-refractivity contribution in [3.05, 3.63) is 108 Å². The van der Waals surface area contributed by atoms with Crippen LogP contribution in [0.3, 0.4) is 0 Å². The van der Waals surface area contributed by atoms with Gasteiger partial charge in [-0.2, -0.15) is 0 Å². The second-order valence-electron chi connectivity index (χ2n) is 15.9. The van der Waals surface area contributed by atoms with Crippen molar-refractivity contribution in [2.45, 2.75) is 70.1 Å². The number of likely N-dealkylation sites (N-methyl/N-ethyl adjacent to an activating group) is 1. The number of allylic oxidation sites excluding steroid dienone is 1. The number of hydrogen-bond acceptors (Lipinski definition) is 9. The second-order valence-corrected chi connectivity index (χ2v) is 15.9. The number of anilines is 1. The Bertz CT molecular complexity index is 2510. The highest BCUT2D eigenvalue weighted by molar-refractivity contribution is 6.03. The van der Waals surface area contributed by atoms with Gasteiger partial charge in [-0.15, -0.1) is 0 Å². The van der Waals surface area contributed by atoms with Crippen molar-refractivity contribution in [2.75, 3.05) is 38.7 Å². The van der Waals surface area contributed by atoms with Gasteiger partial charge in [0.2, 0.25) is 11.8 Å². The van der Waals surface area contributed by atoms with Gasteiger partial charge in [0.25, 0.3) is 11.8 Å². The van der Waals surface area contributed by atoms with E-state index in [-0.39, 0.29) is 35.6 Å². The van der Waals surface area contributed by atoms with Crippen LogP contribution in [0, 0.1) is 0 Å². The maximum absolute atomic E-state index is 13.2. The molecular weight excluding hydrogens is 747 g/mol. The lowest BCUT2D eigenvalue weighted by atomic mass is 9.98. The number of imidazole rings is 1. The summed E-state index contributed by atoms with van der Waals surface area (Å²) in [6.45, 7) is 9.03. The van der Waals surface area contributed by atoms with E-state index in [2.05, 4.69) is 44.2 Å². The minimum Gasteiger partial charge on any atom is -0.385 e. The van der Waals surface area contributed by atoms with E-state index in [9.17, 15) is 19.2 Å². The third-order valence-corrected chi connectivity index (χ3v) is 12.1. The maximum Gasteiger partial charge on any atom is 0.269 e. The van der Waals surface area contributed by atoms with E-state index in [4.69, 9.17) is 14.7 Å². The first-order valence-electron chi connectivity index (χ1n) is 20.4. The molecule has 0 bridgehead atoms. The molecule has 2 fully saturated rings. The van der Waals surface area contributed by atoms with Gasteiger partial charge in [-0.05, 0) is 74.7 Å². The number of nitrogens with one attached hydrogen (secondary N) is 3. The van der Waals surface area contributed by atoms with E-state index in [0.29, 0.717) is 75.6 Å². The number of pyridine rings is 2. The van der Waals surface area contributed by atoms with Crippen LogP contribution in [0.2, 0.25) is 0 Å². The predicted molar refractivity (Wildman–Crippen MR) is 222 cm³/mol. The fourth-order valence-electron chi connectivity index (χ4n) is 8.91. The summed E-state index contributed by atoms with van der Waals surface area (Å²) >= 11 is 0. The molecule has 7 heterocycles. The number of amides is 4. The highest BCUT2D eigenvalue weighted by atomic mass is 16.5. The fourth-order valence-corrected chi connectivity index (χ4v) is 8.91. The van der Waals surface area contributed by atoms with Crippen LogP contribution in [-0.2, 0) is 27.4 Å². The Hall–Kier alpha value is -6.41. The maximum atomic E-state index is 13.2. The molecule has 4 aliphatic rings. The van der Waals surface area contributed by atoms with Crippen LogP contribution in [-0.4, -0.2) is 92.3 Å². The first kappa shape index (κ1) is 38.1. The van der Waals surface area contributed by atoms with Crippen molar-refractivity contribution >= 4 is 40.1 Å². The molecule has 9 rings (SSSR count). The van der Waals surface area contributed by atoms with Crippen LogP contribution < -0.4 is 16.0 Å². The SMILES string of the molecule is C=C1CCC(N2Cc3c(NCCCNC(=O)c4ccc(-c5cc6cccc(-c7nc(C8CCOCC8)n8c7CN(C)C(=O)[C@H]8C)c6cn5)cn4)cccc3C2=O)C(=O)N1. The summed E-state index contributed by atoms with van der Waals surface area (Å²) in [6, 6.07) is 16.5. The number of ether oxygens (including phenoxy) is 1. The molecule has 3 aromatic heterocycles. The average Bonchev–Trinajstić information content (AvgIpc) is 3.80. The van der Waals surface area contributed by atoms with E-state index < -0.39 is 6.04 Å². The van der Waals surface area contributed by atoms with E-state index in [0.717, 1.165) is 68.9 Å². The smallest absolute Gasteiger partial charge is 0.269 e. The zero-order chi connectivity index (χ0) is 40.8. The number of piperidine rings is 1. The van der Waals surface area contributed by atoms with E-state index in [1.54, 1.807) is 28.1 Å². The molecule has 2 atom stereocenters. The van der Waals surface area contributed by atoms with Crippen LogP contribution in [0.15, 0.2) is 79.3 Å². The van der Waals surface area contributed by atoms with Crippen molar-refractivity contribution in [3.63, 3.8) is 0 Å². The van der Waals surface area contributed by atoms with Gasteiger partial charge >= 0.3 is 0 Å². The van der Waals surface area contributed by atoms with Gasteiger partial charge in [0.15, 0.2) is 0 Å². The van der Waals surface area contributed by atoms with Gasteiger partial charge in [0.1, 0.15) is 23.6 Å². The Morgan fingerprint density at radius 3 is 2.58 bits per heavy atom. The highest BCUT2D eigenvalue weighted by Gasteiger charge is 2.39. The molecule has 0 radical (unpaired) electrons. The van der Waals surface area contributed by atoms with Crippen molar-refractivity contribution in [1.29, 1.82) is 0 Å². The summed E-state index contributed by atoms with van der Waals surface area (Å²) in [5.41, 5.74) is 7.74. The second kappa shape index (κ2) is 15.7. The molecule has 302 valence electrons. The lowest BCUT2D eigenvalue weighted by molar-refractivity contribution is -0.135. The number of aromatic nitrogens is 4.